The summed E-state index contributed by atoms with van der Waals surface area (Å²) >= 11 is 0. The van der Waals surface area contributed by atoms with Crippen molar-refractivity contribution in [3.63, 3.8) is 0 Å². The highest BCUT2D eigenvalue weighted by atomic mass is 32.2. The number of benzene rings is 2. The molecule has 2 aliphatic heterocycles. The zero-order valence-electron chi connectivity index (χ0n) is 16.8. The van der Waals surface area contributed by atoms with Gasteiger partial charge in [-0.3, -0.25) is 9.10 Å². The first-order chi connectivity index (χ1) is 13.9. The second-order valence-electron chi connectivity index (χ2n) is 7.78. The van der Waals surface area contributed by atoms with E-state index >= 15 is 0 Å². The second-order valence-corrected chi connectivity index (χ2v) is 9.64. The molecule has 4 rings (SSSR count). The van der Waals surface area contributed by atoms with Gasteiger partial charge in [-0.05, 0) is 67.1 Å². The summed E-state index contributed by atoms with van der Waals surface area (Å²) < 4.78 is 32.9. The molecule has 6 nitrogen and oxygen atoms in total. The first-order valence-corrected chi connectivity index (χ1v) is 11.4. The molecule has 1 amide bonds. The monoisotopic (exact) mass is 414 g/mol. The maximum atomic E-state index is 13.2. The van der Waals surface area contributed by atoms with E-state index in [1.807, 2.05) is 11.0 Å². The molecule has 0 N–H and O–H groups in total. The Kier molecular flexibility index (Phi) is 5.25. The van der Waals surface area contributed by atoms with Crippen LogP contribution in [-0.4, -0.2) is 46.0 Å². The fourth-order valence-electron chi connectivity index (χ4n) is 4.11. The average Bonchev–Trinajstić information content (AvgIpc) is 3.19. The number of methoxy groups -OCH3 is 1. The van der Waals surface area contributed by atoms with E-state index in [9.17, 15) is 13.2 Å². The van der Waals surface area contributed by atoms with Gasteiger partial charge < -0.3 is 9.64 Å². The SMILES string of the molecule is COc1ccc(S(=O)(=O)N2CCc3c(C(=O)N4CCC(C)CC4)cccc32)cc1. The summed E-state index contributed by atoms with van der Waals surface area (Å²) in [6.45, 7) is 4.07. The van der Waals surface area contributed by atoms with E-state index < -0.39 is 10.0 Å². The van der Waals surface area contributed by atoms with Gasteiger partial charge in [0.05, 0.1) is 17.7 Å². The number of anilines is 1. The number of nitrogens with zero attached hydrogens (tertiary/aromatic N) is 2. The minimum absolute atomic E-state index is 0.0115. The van der Waals surface area contributed by atoms with Crippen molar-refractivity contribution >= 4 is 21.6 Å². The molecular formula is C22H26N2O4S. The van der Waals surface area contributed by atoms with Crippen LogP contribution in [0.15, 0.2) is 47.4 Å². The van der Waals surface area contributed by atoms with Gasteiger partial charge in [-0.15, -0.1) is 0 Å². The van der Waals surface area contributed by atoms with Gasteiger partial charge in [-0.25, -0.2) is 8.42 Å². The van der Waals surface area contributed by atoms with Crippen molar-refractivity contribution in [2.75, 3.05) is 31.0 Å². The van der Waals surface area contributed by atoms with Crippen molar-refractivity contribution in [2.45, 2.75) is 31.1 Å². The molecule has 0 unspecified atom stereocenters. The molecule has 0 spiro atoms. The topological polar surface area (TPSA) is 66.9 Å². The molecule has 0 aliphatic carbocycles. The normalized spacial score (nSPS) is 17.3. The minimum Gasteiger partial charge on any atom is -0.497 e. The van der Waals surface area contributed by atoms with Gasteiger partial charge in [0.2, 0.25) is 0 Å². The number of rotatable bonds is 4. The number of hydrogen-bond acceptors (Lipinski definition) is 4. The molecule has 1 fully saturated rings. The summed E-state index contributed by atoms with van der Waals surface area (Å²) in [6, 6.07) is 11.8. The molecule has 2 aromatic carbocycles. The third kappa shape index (κ3) is 3.59. The van der Waals surface area contributed by atoms with E-state index in [0.29, 0.717) is 35.9 Å². The van der Waals surface area contributed by atoms with Crippen molar-refractivity contribution in [3.05, 3.63) is 53.6 Å². The van der Waals surface area contributed by atoms with Crippen LogP contribution in [0.4, 0.5) is 5.69 Å². The highest BCUT2D eigenvalue weighted by Gasteiger charge is 2.34. The second kappa shape index (κ2) is 7.71. The predicted molar refractivity (Wildman–Crippen MR) is 112 cm³/mol. The fraction of sp³-hybridized carbons (Fsp3) is 0.409. The molecule has 0 bridgehead atoms. The molecule has 0 atom stereocenters. The summed E-state index contributed by atoms with van der Waals surface area (Å²) in [5, 5.41) is 0. The van der Waals surface area contributed by atoms with Gasteiger partial charge in [0.1, 0.15) is 5.75 Å². The van der Waals surface area contributed by atoms with E-state index in [2.05, 4.69) is 6.92 Å². The van der Waals surface area contributed by atoms with Crippen LogP contribution in [0.1, 0.15) is 35.7 Å². The quantitative estimate of drug-likeness (QED) is 0.770. The van der Waals surface area contributed by atoms with E-state index in [1.54, 1.807) is 43.5 Å². The fourth-order valence-corrected chi connectivity index (χ4v) is 5.61. The molecule has 1 saturated heterocycles. The van der Waals surface area contributed by atoms with E-state index in [0.717, 1.165) is 31.5 Å². The summed E-state index contributed by atoms with van der Waals surface area (Å²) in [7, 11) is -2.16. The van der Waals surface area contributed by atoms with Crippen molar-refractivity contribution in [2.24, 2.45) is 5.92 Å². The smallest absolute Gasteiger partial charge is 0.264 e. The molecule has 2 aliphatic rings. The lowest BCUT2D eigenvalue weighted by Crippen LogP contribution is -2.38. The molecular weight excluding hydrogens is 388 g/mol. The minimum atomic E-state index is -3.70. The molecule has 7 heteroatoms. The van der Waals surface area contributed by atoms with Gasteiger partial charge in [0.15, 0.2) is 0 Å². The standard InChI is InChI=1S/C22H26N2O4S/c1-16-10-13-23(14-11-16)22(25)20-4-3-5-21-19(20)12-15-24(21)29(26,27)18-8-6-17(28-2)7-9-18/h3-9,16H,10-15H2,1-2H3. The lowest BCUT2D eigenvalue weighted by Gasteiger charge is -2.31. The summed E-state index contributed by atoms with van der Waals surface area (Å²) in [4.78, 5) is 15.2. The first kappa shape index (κ1) is 19.8. The largest absolute Gasteiger partial charge is 0.497 e. The average molecular weight is 415 g/mol. The number of fused-ring (bicyclic) bond motifs is 1. The predicted octanol–water partition coefficient (Wildman–Crippen LogP) is 3.32. The van der Waals surface area contributed by atoms with Crippen LogP contribution in [0.5, 0.6) is 5.75 Å². The van der Waals surface area contributed by atoms with E-state index in [4.69, 9.17) is 4.74 Å². The molecule has 0 radical (unpaired) electrons. The van der Waals surface area contributed by atoms with Crippen molar-refractivity contribution in [1.82, 2.24) is 4.90 Å². The lowest BCUT2D eigenvalue weighted by molar-refractivity contribution is 0.0696. The Morgan fingerprint density at radius 2 is 1.72 bits per heavy atom. The Bertz CT molecular complexity index is 1010. The van der Waals surface area contributed by atoms with Crippen LogP contribution in [-0.2, 0) is 16.4 Å². The van der Waals surface area contributed by atoms with E-state index in [1.165, 1.54) is 4.31 Å². The van der Waals surface area contributed by atoms with Gasteiger partial charge in [0.25, 0.3) is 15.9 Å². The number of hydrogen-bond donors (Lipinski definition) is 0. The van der Waals surface area contributed by atoms with Crippen LogP contribution in [0.25, 0.3) is 0 Å². The maximum absolute atomic E-state index is 13.2. The summed E-state index contributed by atoms with van der Waals surface area (Å²) in [5.74, 6) is 1.26. The maximum Gasteiger partial charge on any atom is 0.264 e. The number of carbonyl (C=O) groups excluding carboxylic acids is 1. The zero-order valence-corrected chi connectivity index (χ0v) is 17.6. The molecule has 154 valence electrons. The number of piperidine rings is 1. The summed E-state index contributed by atoms with van der Waals surface area (Å²) in [6.07, 6.45) is 2.56. The number of likely N-dealkylation sites (tertiary alicyclic amines) is 1. The van der Waals surface area contributed by atoms with Crippen molar-refractivity contribution < 1.29 is 17.9 Å². The van der Waals surface area contributed by atoms with Gasteiger partial charge >= 0.3 is 0 Å². The van der Waals surface area contributed by atoms with Crippen LogP contribution in [0.3, 0.4) is 0 Å². The van der Waals surface area contributed by atoms with Crippen molar-refractivity contribution in [3.8, 4) is 5.75 Å². The Labute approximate surface area is 172 Å². The van der Waals surface area contributed by atoms with Crippen LogP contribution in [0, 0.1) is 5.92 Å². The summed E-state index contributed by atoms with van der Waals surface area (Å²) in [5.41, 5.74) is 2.06. The number of sulfonamides is 1. The lowest BCUT2D eigenvalue weighted by atomic mass is 9.97. The third-order valence-corrected chi connectivity index (χ3v) is 7.76. The Balaban J connectivity index is 1.64. The molecule has 2 heterocycles. The van der Waals surface area contributed by atoms with Crippen LogP contribution in [0.2, 0.25) is 0 Å². The van der Waals surface area contributed by atoms with Gasteiger partial charge in [-0.1, -0.05) is 13.0 Å². The molecule has 0 saturated carbocycles. The number of carbonyl (C=O) groups is 1. The molecule has 29 heavy (non-hydrogen) atoms. The molecule has 2 aromatic rings. The Morgan fingerprint density at radius 3 is 2.38 bits per heavy atom. The van der Waals surface area contributed by atoms with Crippen LogP contribution < -0.4 is 9.04 Å². The Morgan fingerprint density at radius 1 is 1.03 bits per heavy atom. The zero-order chi connectivity index (χ0) is 20.6. The van der Waals surface area contributed by atoms with Crippen LogP contribution >= 0.6 is 0 Å². The Hall–Kier alpha value is -2.54. The van der Waals surface area contributed by atoms with Gasteiger partial charge in [-0.2, -0.15) is 0 Å². The van der Waals surface area contributed by atoms with Crippen molar-refractivity contribution in [1.29, 1.82) is 0 Å². The number of ether oxygens (including phenoxy) is 1. The first-order valence-electron chi connectivity index (χ1n) is 10.00. The van der Waals surface area contributed by atoms with E-state index in [-0.39, 0.29) is 10.8 Å². The highest BCUT2D eigenvalue weighted by molar-refractivity contribution is 7.92. The van der Waals surface area contributed by atoms with Gasteiger partial charge in [0, 0.05) is 25.2 Å². The third-order valence-electron chi connectivity index (χ3n) is 5.93. The number of amides is 1. The highest BCUT2D eigenvalue weighted by Crippen LogP contribution is 2.36. The molecule has 0 aromatic heterocycles.